The molecule has 0 unspecified atom stereocenters. The van der Waals surface area contributed by atoms with Gasteiger partial charge >= 0.3 is 247 Å². The number of carbonyl (C=O) groups excluding carboxylic acids is 2. The fraction of sp³-hybridized carbons (Fsp3) is 0.897. The number of Topliss-reactive ketones (excluding diaryl/α,β-unsaturated/α-hetero) is 1. The molecule has 2 heterocycles. The summed E-state index contributed by atoms with van der Waals surface area (Å²) in [5.41, 5.74) is -2.43. The number of halogens is 1. The summed E-state index contributed by atoms with van der Waals surface area (Å²) in [6.45, 7) is 18.3. The molecule has 0 saturated carbocycles. The van der Waals surface area contributed by atoms with Crippen LogP contribution in [-0.4, -0.2) is 77.4 Å². The summed E-state index contributed by atoms with van der Waals surface area (Å²) in [6, 6.07) is 0. The van der Waals surface area contributed by atoms with Crippen molar-refractivity contribution >= 4 is 17.5 Å². The second-order valence-electron chi connectivity index (χ2n) is 12.5. The zero-order valence-corrected chi connectivity index (χ0v) is 27.7. The van der Waals surface area contributed by atoms with Crippen LogP contribution in [0.25, 0.3) is 0 Å². The number of esters is 1. The number of rotatable bonds is 5. The number of aliphatic hydroxyl groups excluding tert-OH is 1. The van der Waals surface area contributed by atoms with Crippen molar-refractivity contribution in [2.45, 2.75) is 118 Å². The number of cyclic esters (lactones) is 1. The third-order valence-corrected chi connectivity index (χ3v) is 11.4. The van der Waals surface area contributed by atoms with Crippen molar-refractivity contribution in [2.75, 3.05) is 20.2 Å². The van der Waals surface area contributed by atoms with E-state index in [0.29, 0.717) is 6.42 Å². The first-order valence-electron chi connectivity index (χ1n) is 14.3. The molecule has 3 N–H and O–H groups in total. The van der Waals surface area contributed by atoms with Crippen molar-refractivity contribution in [3.05, 3.63) is 0 Å². The number of ether oxygens (including phenoxy) is 2. The summed E-state index contributed by atoms with van der Waals surface area (Å²) < 4.78 is 23.0. The van der Waals surface area contributed by atoms with Gasteiger partial charge < -0.3 is 0 Å². The van der Waals surface area contributed by atoms with Crippen molar-refractivity contribution in [2.24, 2.45) is 32.3 Å². The molecule has 0 radical (unpaired) electrons. The zero-order valence-electron chi connectivity index (χ0n) is 25.5. The first-order valence-corrected chi connectivity index (χ1v) is 16.2. The molecule has 2 rings (SSSR count). The van der Waals surface area contributed by atoms with Crippen LogP contribution >= 0.6 is 0 Å². The van der Waals surface area contributed by atoms with Gasteiger partial charge in [0.25, 0.3) is 0 Å². The van der Waals surface area contributed by atoms with Gasteiger partial charge in [-0.1, -0.05) is 0 Å². The van der Waals surface area contributed by atoms with E-state index in [0.717, 1.165) is 31.6 Å². The average molecular weight is 668 g/mol. The van der Waals surface area contributed by atoms with Crippen LogP contribution in [0.2, 0.25) is 0 Å². The quantitative estimate of drug-likeness (QED) is 0.220. The number of hydrogen-bond donors (Lipinski definition) is 3. The van der Waals surface area contributed by atoms with Crippen LogP contribution in [0.15, 0.2) is 3.21 Å². The summed E-state index contributed by atoms with van der Waals surface area (Å²) in [4.78, 5) is 26.7. The number of methoxy groups -OCH3 is 1. The van der Waals surface area contributed by atoms with Gasteiger partial charge in [-0.25, -0.2) is 0 Å². The predicted molar refractivity (Wildman–Crippen MR) is 147 cm³/mol. The van der Waals surface area contributed by atoms with E-state index in [9.17, 15) is 19.8 Å². The van der Waals surface area contributed by atoms with Gasteiger partial charge in [-0.3, -0.25) is 0 Å². The molecule has 0 amide bonds. The summed E-state index contributed by atoms with van der Waals surface area (Å²) in [7, 11) is 1.64. The second kappa shape index (κ2) is 14.0. The molecule has 228 valence electrons. The molecular formula is C29H52IN2O7-. The van der Waals surface area contributed by atoms with E-state index in [2.05, 4.69) is 5.32 Å². The number of nitrogens with zero attached hydrogens (tertiary/aromatic N) is 1. The summed E-state index contributed by atoms with van der Waals surface area (Å²) >= 11 is -1.02. The fourth-order valence-electron chi connectivity index (χ4n) is 5.94. The molecule has 0 aromatic heterocycles. The van der Waals surface area contributed by atoms with Crippen LogP contribution in [-0.2, 0) is 22.1 Å². The maximum absolute atomic E-state index is 13.5. The number of piperidine rings is 1. The van der Waals surface area contributed by atoms with Gasteiger partial charge in [-0.15, -0.1) is 0 Å². The normalized spacial score (nSPS) is 42.3. The third kappa shape index (κ3) is 7.60. The molecular weight excluding hydrogens is 615 g/mol. The minimum absolute atomic E-state index is 0.119. The molecule has 9 nitrogen and oxygen atoms in total. The van der Waals surface area contributed by atoms with E-state index in [1.807, 2.05) is 41.5 Å². The van der Waals surface area contributed by atoms with Crippen LogP contribution in [0.4, 0.5) is 0 Å². The van der Waals surface area contributed by atoms with Gasteiger partial charge in [0, 0.05) is 0 Å². The molecule has 10 heteroatoms. The van der Waals surface area contributed by atoms with Gasteiger partial charge in [0.1, 0.15) is 0 Å². The summed E-state index contributed by atoms with van der Waals surface area (Å²) in [5.74, 6) is -3.16. The fourth-order valence-corrected chi connectivity index (χ4v) is 7.95. The van der Waals surface area contributed by atoms with E-state index < -0.39 is 74.4 Å². The molecule has 9 atom stereocenters. The number of carbonyl (C=O) groups is 2. The van der Waals surface area contributed by atoms with Gasteiger partial charge in [-0.05, 0) is 0 Å². The van der Waals surface area contributed by atoms with E-state index in [4.69, 9.17) is 15.7 Å². The van der Waals surface area contributed by atoms with Crippen molar-refractivity contribution in [3.63, 3.8) is 0 Å². The Hall–Kier alpha value is -0.660. The number of aliphatic hydroxyl groups is 2. The zero-order chi connectivity index (χ0) is 29.8. The minimum atomic E-state index is -1.76. The molecule has 2 saturated heterocycles. The third-order valence-electron chi connectivity index (χ3n) is 9.67. The Bertz CT molecular complexity index is 874. The van der Waals surface area contributed by atoms with Gasteiger partial charge in [-0.2, -0.15) is 0 Å². The number of hydrogen-bond acceptors (Lipinski definition) is 9. The number of nitrogens with one attached hydrogen (secondary N) is 1. The second-order valence-corrected chi connectivity index (χ2v) is 13.9. The summed E-state index contributed by atoms with van der Waals surface area (Å²) in [5, 5.41) is 26.4. The SMILES string of the molecule is CC[C@H]1OC(=O)[C@H](C)C(=O)[C@H](C)C(C)(C)[C@](C)(OC)C[C@@H](C)/C(=N\[I-]O[C@@H]2CCCNC2)[C@H](C)[C@@H](O)[C@]1(C)O. The maximum atomic E-state index is 13.5. The molecule has 2 fully saturated rings. The summed E-state index contributed by atoms with van der Waals surface area (Å²) in [6.07, 6.45) is 0.706. The Labute approximate surface area is 246 Å². The van der Waals surface area contributed by atoms with Gasteiger partial charge in [0.05, 0.1) is 0 Å². The molecule has 0 aromatic carbocycles. The number of ketones is 1. The Morgan fingerprint density at radius 3 is 2.33 bits per heavy atom. The Morgan fingerprint density at radius 2 is 1.79 bits per heavy atom. The molecule has 0 aromatic rings. The van der Waals surface area contributed by atoms with Gasteiger partial charge in [0.2, 0.25) is 0 Å². The molecule has 0 bridgehead atoms. The van der Waals surface area contributed by atoms with E-state index in [1.165, 1.54) is 6.92 Å². The van der Waals surface area contributed by atoms with Crippen molar-refractivity contribution in [1.29, 1.82) is 0 Å². The first-order chi connectivity index (χ1) is 18.0. The van der Waals surface area contributed by atoms with Crippen LogP contribution in [0.1, 0.15) is 88.0 Å². The topological polar surface area (TPSA) is 127 Å². The molecule has 39 heavy (non-hydrogen) atoms. The first kappa shape index (κ1) is 34.5. The molecule has 2 aliphatic heterocycles. The van der Waals surface area contributed by atoms with E-state index in [1.54, 1.807) is 21.0 Å². The Balaban J connectivity index is 2.57. The predicted octanol–water partition coefficient (Wildman–Crippen LogP) is 0.497. The Morgan fingerprint density at radius 1 is 1.15 bits per heavy atom. The van der Waals surface area contributed by atoms with Crippen molar-refractivity contribution in [1.82, 2.24) is 5.32 Å². The van der Waals surface area contributed by atoms with E-state index in [-0.39, 0.29) is 24.2 Å². The molecule has 0 aliphatic carbocycles. The van der Waals surface area contributed by atoms with Crippen molar-refractivity contribution < 1.29 is 54.2 Å². The van der Waals surface area contributed by atoms with Gasteiger partial charge in [0.15, 0.2) is 0 Å². The Kier molecular flexibility index (Phi) is 12.4. The molecule has 0 spiro atoms. The van der Waals surface area contributed by atoms with Crippen LogP contribution in [0, 0.1) is 29.1 Å². The average Bonchev–Trinajstić information content (AvgIpc) is 2.91. The van der Waals surface area contributed by atoms with Crippen LogP contribution in [0.3, 0.4) is 0 Å². The molecule has 2 aliphatic rings. The van der Waals surface area contributed by atoms with Crippen molar-refractivity contribution in [3.8, 4) is 0 Å². The standard InChI is InChI=1S/C29H52IN2O7/c1-11-22-29(9,36)25(34)18(3)23(32-30-39-21-13-12-14-31-16-21)17(2)15-28(8,37-10)27(6,7)20(5)24(33)19(4)26(35)38-22/h17-22,25,31,34,36H,11-16H2,1-10H3/q-1/b32-23+/t17-,18+,19-,20+,21-,22-,25-,28-,29-/m1/s1. The van der Waals surface area contributed by atoms with E-state index >= 15 is 0 Å². The monoisotopic (exact) mass is 667 g/mol. The van der Waals surface area contributed by atoms with Crippen LogP contribution in [0.5, 0.6) is 0 Å². The van der Waals surface area contributed by atoms with Crippen LogP contribution < -0.4 is 27.2 Å².